The monoisotopic (exact) mass is 337 g/mol. The molecule has 2 aromatic carbocycles. The summed E-state index contributed by atoms with van der Waals surface area (Å²) >= 11 is -1.11. The first-order valence-electron chi connectivity index (χ1n) is 5.97. The van der Waals surface area contributed by atoms with E-state index in [4.69, 9.17) is 18.1 Å². The van der Waals surface area contributed by atoms with Crippen molar-refractivity contribution in [3.63, 3.8) is 0 Å². The molecule has 0 atom stereocenters. The molecule has 0 unspecified atom stereocenters. The molecule has 0 amide bonds. The van der Waals surface area contributed by atoms with Crippen LogP contribution in [0.25, 0.3) is 10.2 Å². The number of nitrogens with zero attached hydrogens (tertiary/aromatic N) is 1. The molecule has 0 spiro atoms. The normalized spacial score (nSPS) is 10.1. The molecule has 22 heavy (non-hydrogen) atoms. The van der Waals surface area contributed by atoms with Crippen LogP contribution in [0.2, 0.25) is 0 Å². The Morgan fingerprint density at radius 3 is 2.32 bits per heavy atom. The summed E-state index contributed by atoms with van der Waals surface area (Å²) in [6, 6.07) is 14.8. The molecule has 1 heterocycles. The van der Waals surface area contributed by atoms with Gasteiger partial charge in [0.2, 0.25) is 0 Å². The molecule has 3 aromatic rings. The van der Waals surface area contributed by atoms with E-state index in [0.717, 1.165) is 16.5 Å². The van der Waals surface area contributed by atoms with E-state index in [1.54, 1.807) is 24.3 Å². The Bertz CT molecular complexity index is 748. The van der Waals surface area contributed by atoms with Gasteiger partial charge in [0.1, 0.15) is 12.0 Å². The van der Waals surface area contributed by atoms with Gasteiger partial charge in [-0.15, -0.1) is 0 Å². The average molecular weight is 337 g/mol. The molecule has 6 nitrogen and oxygen atoms in total. The number of rotatable bonds is 3. The molecule has 0 bridgehead atoms. The van der Waals surface area contributed by atoms with Crippen LogP contribution in [0.1, 0.15) is 10.4 Å². The molecular weight excluding hydrogens is 326 g/mol. The Balaban J connectivity index is 0.000000396. The Kier molecular flexibility index (Phi) is 5.73. The number of hydrogen-bond acceptors (Lipinski definition) is 5. The van der Waals surface area contributed by atoms with E-state index in [0.29, 0.717) is 16.5 Å². The maximum Gasteiger partial charge on any atom is 0.299 e. The molecule has 1 aromatic heterocycles. The Hall–Kier alpha value is -2.13. The number of fused-ring (bicyclic) bond motifs is 1. The zero-order chi connectivity index (χ0) is 15.9. The van der Waals surface area contributed by atoms with Gasteiger partial charge in [-0.1, -0.05) is 23.5 Å². The van der Waals surface area contributed by atoms with Crippen LogP contribution in [0.5, 0.6) is 10.9 Å². The van der Waals surface area contributed by atoms with Crippen molar-refractivity contribution in [1.82, 2.24) is 4.98 Å². The predicted molar refractivity (Wildman–Crippen MR) is 84.9 cm³/mol. The van der Waals surface area contributed by atoms with Gasteiger partial charge in [-0.05, 0) is 36.4 Å². The van der Waals surface area contributed by atoms with Crippen molar-refractivity contribution in [1.29, 1.82) is 0 Å². The molecule has 0 aliphatic rings. The summed E-state index contributed by atoms with van der Waals surface area (Å²) < 4.78 is 29.6. The second-order valence-electron chi connectivity index (χ2n) is 3.97. The van der Waals surface area contributed by atoms with Crippen LogP contribution in [-0.4, -0.2) is 24.6 Å². The van der Waals surface area contributed by atoms with Crippen LogP contribution in [0, 0.1) is 0 Å². The number of aldehydes is 1. The van der Waals surface area contributed by atoms with Gasteiger partial charge in [0.15, 0.2) is 0 Å². The van der Waals surface area contributed by atoms with Crippen molar-refractivity contribution in [3.05, 3.63) is 54.1 Å². The summed E-state index contributed by atoms with van der Waals surface area (Å²) in [6.07, 6.45) is 0.807. The van der Waals surface area contributed by atoms with E-state index in [9.17, 15) is 4.79 Å². The van der Waals surface area contributed by atoms with Gasteiger partial charge in [-0.25, -0.2) is 4.98 Å². The summed E-state index contributed by atoms with van der Waals surface area (Å²) in [5, 5.41) is 0.607. The van der Waals surface area contributed by atoms with Crippen LogP contribution in [-0.2, 0) is 11.4 Å². The number of benzene rings is 2. The van der Waals surface area contributed by atoms with Gasteiger partial charge in [-0.3, -0.25) is 13.9 Å². The molecule has 0 fully saturated rings. The minimum Gasteiger partial charge on any atom is -0.431 e. The third-order valence-corrected chi connectivity index (χ3v) is 3.41. The summed E-state index contributed by atoms with van der Waals surface area (Å²) in [4.78, 5) is 14.9. The Morgan fingerprint density at radius 1 is 1.09 bits per heavy atom. The van der Waals surface area contributed by atoms with E-state index in [2.05, 4.69) is 4.98 Å². The number of carbonyl (C=O) groups is 1. The van der Waals surface area contributed by atoms with Crippen LogP contribution < -0.4 is 4.74 Å². The van der Waals surface area contributed by atoms with Crippen LogP contribution in [0.4, 0.5) is 0 Å². The molecule has 0 saturated carbocycles. The largest absolute Gasteiger partial charge is 0.431 e. The average Bonchev–Trinajstić information content (AvgIpc) is 2.89. The van der Waals surface area contributed by atoms with Crippen molar-refractivity contribution in [2.45, 2.75) is 0 Å². The highest BCUT2D eigenvalue weighted by Gasteiger charge is 2.05. The van der Waals surface area contributed by atoms with Crippen molar-refractivity contribution in [2.75, 3.05) is 0 Å². The standard InChI is InChI=1S/C14H9NO2S.H2O3S/c16-9-10-5-7-11(8-6-10)17-14-15-12-3-1-2-4-13(12)18-14;1-4(2)3/h1-9H;(H2,1,2,3). The molecule has 2 N–H and O–H groups in total. The first-order chi connectivity index (χ1) is 10.6. The second kappa shape index (κ2) is 7.76. The first kappa shape index (κ1) is 16.2. The van der Waals surface area contributed by atoms with Gasteiger partial charge in [0, 0.05) is 5.56 Å². The van der Waals surface area contributed by atoms with Crippen molar-refractivity contribution in [3.8, 4) is 10.9 Å². The minimum absolute atomic E-state index is 0.607. The smallest absolute Gasteiger partial charge is 0.299 e. The highest BCUT2D eigenvalue weighted by molar-refractivity contribution is 7.73. The van der Waals surface area contributed by atoms with Crippen molar-refractivity contribution >= 4 is 39.2 Å². The number of carbonyl (C=O) groups excluding carboxylic acids is 1. The molecular formula is C14H11NO5S2. The first-order valence-corrected chi connectivity index (χ1v) is 7.85. The number of thiazole rings is 1. The van der Waals surface area contributed by atoms with Gasteiger partial charge in [0.05, 0.1) is 10.2 Å². The van der Waals surface area contributed by atoms with E-state index in [1.807, 2.05) is 24.3 Å². The number of ether oxygens (including phenoxy) is 1. The molecule has 8 heteroatoms. The highest BCUT2D eigenvalue weighted by Crippen LogP contribution is 2.30. The summed E-state index contributed by atoms with van der Waals surface area (Å²) in [5.74, 6) is 0.680. The lowest BCUT2D eigenvalue weighted by molar-refractivity contribution is 0.112. The maximum atomic E-state index is 10.5. The molecule has 0 aliphatic heterocycles. The third-order valence-electron chi connectivity index (χ3n) is 2.50. The van der Waals surface area contributed by atoms with Crippen molar-refractivity contribution < 1.29 is 22.8 Å². The van der Waals surface area contributed by atoms with Crippen molar-refractivity contribution in [2.24, 2.45) is 0 Å². The lowest BCUT2D eigenvalue weighted by atomic mass is 10.2. The topological polar surface area (TPSA) is 96.7 Å². The van der Waals surface area contributed by atoms with Crippen LogP contribution in [0.15, 0.2) is 48.5 Å². The predicted octanol–water partition coefficient (Wildman–Crippen LogP) is 3.58. The number of para-hydroxylation sites is 1. The van der Waals surface area contributed by atoms with Gasteiger partial charge < -0.3 is 4.74 Å². The lowest BCUT2D eigenvalue weighted by Gasteiger charge is -2.00. The lowest BCUT2D eigenvalue weighted by Crippen LogP contribution is -1.84. The summed E-state index contributed by atoms with van der Waals surface area (Å²) in [5.41, 5.74) is 1.56. The van der Waals surface area contributed by atoms with Gasteiger partial charge in [-0.2, -0.15) is 4.21 Å². The molecule has 3 rings (SSSR count). The summed E-state index contributed by atoms with van der Waals surface area (Å²) in [7, 11) is 0. The molecule has 0 aliphatic carbocycles. The minimum atomic E-state index is -2.61. The third kappa shape index (κ3) is 4.71. The zero-order valence-corrected chi connectivity index (χ0v) is 12.7. The fraction of sp³-hybridized carbons (Fsp3) is 0. The molecule has 0 saturated heterocycles. The van der Waals surface area contributed by atoms with E-state index in [-0.39, 0.29) is 0 Å². The van der Waals surface area contributed by atoms with Crippen LogP contribution >= 0.6 is 11.3 Å². The quantitative estimate of drug-likeness (QED) is 0.560. The fourth-order valence-corrected chi connectivity index (χ4v) is 2.44. The SMILES string of the molecule is O=Cc1ccc(Oc2nc3ccccc3s2)cc1.O=S(O)O. The molecule has 114 valence electrons. The number of hydrogen-bond donors (Lipinski definition) is 2. The van der Waals surface area contributed by atoms with Crippen LogP contribution in [0.3, 0.4) is 0 Å². The van der Waals surface area contributed by atoms with E-state index in [1.165, 1.54) is 11.3 Å². The molecule has 0 radical (unpaired) electrons. The zero-order valence-electron chi connectivity index (χ0n) is 11.1. The fourth-order valence-electron chi connectivity index (χ4n) is 1.61. The Morgan fingerprint density at radius 2 is 1.73 bits per heavy atom. The Labute approximate surface area is 132 Å². The van der Waals surface area contributed by atoms with E-state index >= 15 is 0 Å². The second-order valence-corrected chi connectivity index (χ2v) is 5.42. The maximum absolute atomic E-state index is 10.5. The highest BCUT2D eigenvalue weighted by atomic mass is 32.2. The summed E-state index contributed by atoms with van der Waals surface area (Å²) in [6.45, 7) is 0. The van der Waals surface area contributed by atoms with Gasteiger partial charge in [0.25, 0.3) is 16.6 Å². The van der Waals surface area contributed by atoms with E-state index < -0.39 is 11.4 Å². The van der Waals surface area contributed by atoms with Gasteiger partial charge >= 0.3 is 0 Å². The number of aromatic nitrogens is 1.